The lowest BCUT2D eigenvalue weighted by Gasteiger charge is -2.46. The Balaban J connectivity index is 1.90. The maximum absolute atomic E-state index is 3.93. The van der Waals surface area contributed by atoms with E-state index < -0.39 is 0 Å². The summed E-state index contributed by atoms with van der Waals surface area (Å²) in [6, 6.07) is 1.52. The molecule has 0 amide bonds. The van der Waals surface area contributed by atoms with E-state index in [1.165, 1.54) is 69.7 Å². The Labute approximate surface area is 136 Å². The molecule has 0 bridgehead atoms. The van der Waals surface area contributed by atoms with Gasteiger partial charge in [-0.3, -0.25) is 4.90 Å². The maximum atomic E-state index is 3.93. The molecule has 3 heteroatoms. The number of hydrogen-bond donors (Lipinski definition) is 1. The highest BCUT2D eigenvalue weighted by Crippen LogP contribution is 2.29. The summed E-state index contributed by atoms with van der Waals surface area (Å²) < 4.78 is 0. The van der Waals surface area contributed by atoms with Gasteiger partial charge in [-0.15, -0.1) is 0 Å². The fraction of sp³-hybridized carbons (Fsp3) is 1.00. The third-order valence-corrected chi connectivity index (χ3v) is 6.62. The van der Waals surface area contributed by atoms with E-state index in [1.54, 1.807) is 0 Å². The highest BCUT2D eigenvalue weighted by Gasteiger charge is 2.34. The zero-order valence-corrected chi connectivity index (χ0v) is 15.3. The Hall–Kier alpha value is 0.270. The summed E-state index contributed by atoms with van der Waals surface area (Å²) in [4.78, 5) is 2.83. The molecule has 1 heterocycles. The van der Waals surface area contributed by atoms with Crippen LogP contribution < -0.4 is 5.32 Å². The van der Waals surface area contributed by atoms with Crippen molar-refractivity contribution in [3.8, 4) is 0 Å². The Kier molecular flexibility index (Phi) is 7.90. The topological polar surface area (TPSA) is 15.3 Å². The zero-order chi connectivity index (χ0) is 15.1. The van der Waals surface area contributed by atoms with Gasteiger partial charge in [0.25, 0.3) is 0 Å². The molecule has 2 aliphatic rings. The first kappa shape index (κ1) is 17.6. The Bertz CT molecular complexity index is 278. The molecular weight excluding hydrogens is 276 g/mol. The minimum Gasteiger partial charge on any atom is -0.311 e. The minimum atomic E-state index is 0.757. The third kappa shape index (κ3) is 5.14. The first-order valence-electron chi connectivity index (χ1n) is 9.31. The molecule has 1 saturated heterocycles. The van der Waals surface area contributed by atoms with Crippen molar-refractivity contribution in [2.45, 2.75) is 71.4 Å². The van der Waals surface area contributed by atoms with Crippen LogP contribution >= 0.6 is 11.8 Å². The number of piperazine rings is 1. The van der Waals surface area contributed by atoms with Crippen LogP contribution in [0, 0.1) is 11.8 Å². The van der Waals surface area contributed by atoms with Crippen molar-refractivity contribution >= 4 is 11.8 Å². The normalized spacial score (nSPS) is 30.4. The van der Waals surface area contributed by atoms with Crippen LogP contribution in [0.1, 0.15) is 59.3 Å². The Morgan fingerprint density at radius 2 is 1.95 bits per heavy atom. The van der Waals surface area contributed by atoms with Gasteiger partial charge in [-0.1, -0.05) is 46.5 Å². The zero-order valence-electron chi connectivity index (χ0n) is 14.4. The van der Waals surface area contributed by atoms with Crippen LogP contribution in [-0.4, -0.2) is 48.1 Å². The number of thioether (sulfide) groups is 1. The number of nitrogens with one attached hydrogen (secondary N) is 1. The summed E-state index contributed by atoms with van der Waals surface area (Å²) in [5.74, 6) is 4.32. The van der Waals surface area contributed by atoms with E-state index in [4.69, 9.17) is 0 Å². The lowest BCUT2D eigenvalue weighted by molar-refractivity contribution is 0.0724. The van der Waals surface area contributed by atoms with Gasteiger partial charge in [-0.25, -0.2) is 0 Å². The van der Waals surface area contributed by atoms with Crippen molar-refractivity contribution in [1.82, 2.24) is 10.2 Å². The van der Waals surface area contributed by atoms with Crippen LogP contribution in [0.4, 0.5) is 0 Å². The van der Waals surface area contributed by atoms with E-state index in [9.17, 15) is 0 Å². The maximum Gasteiger partial charge on any atom is 0.0247 e. The van der Waals surface area contributed by atoms with Crippen molar-refractivity contribution in [2.75, 3.05) is 31.1 Å². The van der Waals surface area contributed by atoms with Gasteiger partial charge in [-0.05, 0) is 30.4 Å². The Morgan fingerprint density at radius 3 is 2.62 bits per heavy atom. The molecular formula is C18H36N2S. The smallest absolute Gasteiger partial charge is 0.0247 e. The van der Waals surface area contributed by atoms with E-state index in [0.29, 0.717) is 0 Å². The van der Waals surface area contributed by atoms with Crippen molar-refractivity contribution in [1.29, 1.82) is 0 Å². The molecule has 124 valence electrons. The minimum absolute atomic E-state index is 0.757. The first-order chi connectivity index (χ1) is 10.3. The van der Waals surface area contributed by atoms with Crippen LogP contribution in [-0.2, 0) is 0 Å². The SMILES string of the molecule is CCSCCN1CC(C2CCCCC2)NCC1C(C)CC. The molecule has 1 aliphatic carbocycles. The van der Waals surface area contributed by atoms with Gasteiger partial charge in [0.2, 0.25) is 0 Å². The molecule has 2 rings (SSSR count). The van der Waals surface area contributed by atoms with E-state index in [2.05, 4.69) is 42.7 Å². The summed E-state index contributed by atoms with van der Waals surface area (Å²) in [7, 11) is 0. The highest BCUT2D eigenvalue weighted by molar-refractivity contribution is 7.99. The fourth-order valence-electron chi connectivity index (χ4n) is 4.12. The molecule has 0 aromatic rings. The number of hydrogen-bond acceptors (Lipinski definition) is 3. The fourth-order valence-corrected chi connectivity index (χ4v) is 4.77. The monoisotopic (exact) mass is 312 g/mol. The van der Waals surface area contributed by atoms with Gasteiger partial charge in [-0.2, -0.15) is 11.8 Å². The second-order valence-corrected chi connectivity index (χ2v) is 8.45. The molecule has 0 radical (unpaired) electrons. The highest BCUT2D eigenvalue weighted by atomic mass is 32.2. The van der Waals surface area contributed by atoms with E-state index in [-0.39, 0.29) is 0 Å². The van der Waals surface area contributed by atoms with Crippen LogP contribution in [0.2, 0.25) is 0 Å². The van der Waals surface area contributed by atoms with Crippen LogP contribution in [0.15, 0.2) is 0 Å². The second kappa shape index (κ2) is 9.42. The number of rotatable bonds is 7. The van der Waals surface area contributed by atoms with E-state index >= 15 is 0 Å². The van der Waals surface area contributed by atoms with Gasteiger partial charge in [0.15, 0.2) is 0 Å². The van der Waals surface area contributed by atoms with Crippen molar-refractivity contribution in [3.05, 3.63) is 0 Å². The van der Waals surface area contributed by atoms with Crippen LogP contribution in [0.25, 0.3) is 0 Å². The predicted octanol–water partition coefficient (Wildman–Crippen LogP) is 4.01. The average molecular weight is 313 g/mol. The van der Waals surface area contributed by atoms with Gasteiger partial charge in [0.1, 0.15) is 0 Å². The molecule has 3 unspecified atom stereocenters. The van der Waals surface area contributed by atoms with Crippen molar-refractivity contribution in [2.24, 2.45) is 11.8 Å². The van der Waals surface area contributed by atoms with Crippen molar-refractivity contribution < 1.29 is 0 Å². The molecule has 21 heavy (non-hydrogen) atoms. The molecule has 0 spiro atoms. The van der Waals surface area contributed by atoms with Gasteiger partial charge < -0.3 is 5.32 Å². The summed E-state index contributed by atoms with van der Waals surface area (Å²) in [6.45, 7) is 10.9. The molecule has 2 fully saturated rings. The lowest BCUT2D eigenvalue weighted by Crippen LogP contribution is -2.61. The van der Waals surface area contributed by atoms with Crippen LogP contribution in [0.5, 0.6) is 0 Å². The van der Waals surface area contributed by atoms with Gasteiger partial charge in [0, 0.05) is 37.5 Å². The van der Waals surface area contributed by atoms with Crippen molar-refractivity contribution in [3.63, 3.8) is 0 Å². The quantitative estimate of drug-likeness (QED) is 0.715. The molecule has 0 aromatic carbocycles. The molecule has 1 N–H and O–H groups in total. The Morgan fingerprint density at radius 1 is 1.19 bits per heavy atom. The standard InChI is InChI=1S/C18H36N2S/c1-4-15(3)18-13-19-17(16-9-7-6-8-10-16)14-20(18)11-12-21-5-2/h15-19H,4-14H2,1-3H3. The first-order valence-corrected chi connectivity index (χ1v) is 10.5. The molecule has 0 aromatic heterocycles. The summed E-state index contributed by atoms with van der Waals surface area (Å²) >= 11 is 2.10. The predicted molar refractivity (Wildman–Crippen MR) is 96.2 cm³/mol. The molecule has 1 saturated carbocycles. The lowest BCUT2D eigenvalue weighted by atomic mass is 9.82. The molecule has 1 aliphatic heterocycles. The summed E-state index contributed by atoms with van der Waals surface area (Å²) in [5.41, 5.74) is 0. The molecule has 3 atom stereocenters. The van der Waals surface area contributed by atoms with Gasteiger partial charge >= 0.3 is 0 Å². The second-order valence-electron chi connectivity index (χ2n) is 7.06. The van der Waals surface area contributed by atoms with E-state index in [1.807, 2.05) is 0 Å². The van der Waals surface area contributed by atoms with Gasteiger partial charge in [0.05, 0.1) is 0 Å². The van der Waals surface area contributed by atoms with E-state index in [0.717, 1.165) is 23.9 Å². The third-order valence-electron chi connectivity index (χ3n) is 5.74. The van der Waals surface area contributed by atoms with Crippen LogP contribution in [0.3, 0.4) is 0 Å². The molecule has 2 nitrogen and oxygen atoms in total. The largest absolute Gasteiger partial charge is 0.311 e. The average Bonchev–Trinajstić information content (AvgIpc) is 2.55. The number of nitrogens with zero attached hydrogens (tertiary/aromatic N) is 1. The summed E-state index contributed by atoms with van der Waals surface area (Å²) in [6.07, 6.45) is 8.62. The summed E-state index contributed by atoms with van der Waals surface area (Å²) in [5, 5.41) is 3.93.